The third kappa shape index (κ3) is 3.05. The summed E-state index contributed by atoms with van der Waals surface area (Å²) >= 11 is 5.91. The summed E-state index contributed by atoms with van der Waals surface area (Å²) in [5, 5.41) is 27.1. The predicted octanol–water partition coefficient (Wildman–Crippen LogP) is 2.20. The van der Waals surface area contributed by atoms with Crippen LogP contribution in [0, 0.1) is 10.1 Å². The molecule has 0 fully saturated rings. The molecule has 0 aliphatic heterocycles. The van der Waals surface area contributed by atoms with Gasteiger partial charge in [-0.25, -0.2) is 4.68 Å². The van der Waals surface area contributed by atoms with Crippen LogP contribution in [0.15, 0.2) is 48.7 Å². The van der Waals surface area contributed by atoms with E-state index in [1.54, 1.807) is 36.5 Å². The maximum atomic E-state index is 10.7. The van der Waals surface area contributed by atoms with Crippen LogP contribution < -0.4 is 4.84 Å². The van der Waals surface area contributed by atoms with Crippen molar-refractivity contribution in [2.24, 2.45) is 0 Å². The Morgan fingerprint density at radius 2 is 1.92 bits per heavy atom. The number of nitrogens with zero attached hydrogens (tertiary/aromatic N) is 7. The van der Waals surface area contributed by atoms with Crippen molar-refractivity contribution in [3.05, 3.63) is 69.5 Å². The van der Waals surface area contributed by atoms with Gasteiger partial charge in [-0.05, 0) is 35.5 Å². The number of halogens is 1. The molecule has 130 valence electrons. The third-order valence-corrected chi connectivity index (χ3v) is 3.81. The Labute approximate surface area is 150 Å². The SMILES string of the molecule is O=[N+]([O-])c1ccc(-n2cc(COn3nnc4cc(Cl)ccc43)nn2)cc1. The van der Waals surface area contributed by atoms with Gasteiger partial charge in [-0.2, -0.15) is 0 Å². The van der Waals surface area contributed by atoms with Gasteiger partial charge < -0.3 is 4.84 Å². The van der Waals surface area contributed by atoms with Crippen LogP contribution in [-0.2, 0) is 6.61 Å². The molecule has 2 heterocycles. The smallest absolute Gasteiger partial charge is 0.269 e. The van der Waals surface area contributed by atoms with Gasteiger partial charge in [-0.15, -0.1) is 10.2 Å². The standard InChI is InChI=1S/C15H10ClN7O3/c16-10-1-6-15-14(7-10)18-20-22(15)26-9-11-8-21(19-17-11)12-2-4-13(5-3-12)23(24)25/h1-8H,9H2. The van der Waals surface area contributed by atoms with Gasteiger partial charge in [0, 0.05) is 17.2 Å². The quantitative estimate of drug-likeness (QED) is 0.390. The molecule has 0 saturated heterocycles. The largest absolute Gasteiger partial charge is 0.388 e. The number of benzene rings is 2. The molecule has 11 heteroatoms. The summed E-state index contributed by atoms with van der Waals surface area (Å²) in [4.78, 5) is 17.1. The molecule has 0 saturated carbocycles. The van der Waals surface area contributed by atoms with Gasteiger partial charge in [0.1, 0.15) is 16.7 Å². The van der Waals surface area contributed by atoms with Crippen molar-refractivity contribution < 1.29 is 9.76 Å². The molecular weight excluding hydrogens is 362 g/mol. The van der Waals surface area contributed by atoms with E-state index in [-0.39, 0.29) is 12.3 Å². The molecule has 0 N–H and O–H groups in total. The fourth-order valence-corrected chi connectivity index (χ4v) is 2.48. The van der Waals surface area contributed by atoms with Crippen LogP contribution in [0.5, 0.6) is 0 Å². The lowest BCUT2D eigenvalue weighted by molar-refractivity contribution is -0.384. The highest BCUT2D eigenvalue weighted by Crippen LogP contribution is 2.17. The first-order valence-corrected chi connectivity index (χ1v) is 7.78. The first kappa shape index (κ1) is 16.0. The number of nitro benzene ring substituents is 1. The topological polar surface area (TPSA) is 114 Å². The van der Waals surface area contributed by atoms with Crippen molar-refractivity contribution in [1.29, 1.82) is 0 Å². The zero-order valence-electron chi connectivity index (χ0n) is 13.1. The molecular formula is C15H10ClN7O3. The van der Waals surface area contributed by atoms with Crippen LogP contribution in [0.3, 0.4) is 0 Å². The van der Waals surface area contributed by atoms with Crippen molar-refractivity contribution in [1.82, 2.24) is 30.2 Å². The van der Waals surface area contributed by atoms with E-state index in [0.29, 0.717) is 27.4 Å². The van der Waals surface area contributed by atoms with Crippen molar-refractivity contribution in [2.75, 3.05) is 0 Å². The van der Waals surface area contributed by atoms with Crippen molar-refractivity contribution in [3.8, 4) is 5.69 Å². The number of aromatic nitrogens is 6. The Hall–Kier alpha value is -3.53. The van der Waals surface area contributed by atoms with Crippen LogP contribution in [0.2, 0.25) is 5.02 Å². The van der Waals surface area contributed by atoms with Crippen LogP contribution in [0.1, 0.15) is 5.69 Å². The minimum atomic E-state index is -0.458. The first-order chi connectivity index (χ1) is 12.6. The Balaban J connectivity index is 1.48. The summed E-state index contributed by atoms with van der Waals surface area (Å²) in [5.74, 6) is 0. The van der Waals surface area contributed by atoms with Crippen LogP contribution >= 0.6 is 11.6 Å². The monoisotopic (exact) mass is 371 g/mol. The number of hydrogen-bond donors (Lipinski definition) is 0. The molecule has 0 aliphatic rings. The lowest BCUT2D eigenvalue weighted by Crippen LogP contribution is -2.13. The second kappa shape index (κ2) is 6.41. The number of rotatable bonds is 5. The van der Waals surface area contributed by atoms with E-state index in [2.05, 4.69) is 20.6 Å². The van der Waals surface area contributed by atoms with Crippen molar-refractivity contribution in [2.45, 2.75) is 6.61 Å². The zero-order valence-corrected chi connectivity index (χ0v) is 13.8. The number of fused-ring (bicyclic) bond motifs is 1. The fourth-order valence-electron chi connectivity index (χ4n) is 2.32. The highest BCUT2D eigenvalue weighted by Gasteiger charge is 2.09. The molecule has 0 unspecified atom stereocenters. The molecule has 10 nitrogen and oxygen atoms in total. The summed E-state index contributed by atoms with van der Waals surface area (Å²) in [7, 11) is 0. The van der Waals surface area contributed by atoms with E-state index in [0.717, 1.165) is 0 Å². The van der Waals surface area contributed by atoms with E-state index in [1.165, 1.54) is 21.7 Å². The van der Waals surface area contributed by atoms with Gasteiger partial charge >= 0.3 is 0 Å². The van der Waals surface area contributed by atoms with E-state index in [9.17, 15) is 10.1 Å². The molecule has 2 aromatic carbocycles. The summed E-state index contributed by atoms with van der Waals surface area (Å²) in [6.45, 7) is 0.119. The van der Waals surface area contributed by atoms with Gasteiger partial charge in [-0.3, -0.25) is 10.1 Å². The second-order valence-corrected chi connectivity index (χ2v) is 5.73. The lowest BCUT2D eigenvalue weighted by atomic mass is 10.3. The predicted molar refractivity (Wildman–Crippen MR) is 90.8 cm³/mol. The molecule has 0 bridgehead atoms. The van der Waals surface area contributed by atoms with Gasteiger partial charge in [0.05, 0.1) is 16.8 Å². The summed E-state index contributed by atoms with van der Waals surface area (Å²) in [6, 6.07) is 11.1. The van der Waals surface area contributed by atoms with Crippen LogP contribution in [-0.4, -0.2) is 35.1 Å². The van der Waals surface area contributed by atoms with Crippen LogP contribution in [0.4, 0.5) is 5.69 Å². The van der Waals surface area contributed by atoms with Gasteiger partial charge in [0.25, 0.3) is 5.69 Å². The summed E-state index contributed by atoms with van der Waals surface area (Å²) in [6.07, 6.45) is 1.66. The van der Waals surface area contributed by atoms with E-state index in [4.69, 9.17) is 16.4 Å². The molecule has 4 rings (SSSR count). The summed E-state index contributed by atoms with van der Waals surface area (Å²) < 4.78 is 1.50. The second-order valence-electron chi connectivity index (χ2n) is 5.30. The molecule has 26 heavy (non-hydrogen) atoms. The van der Waals surface area contributed by atoms with Gasteiger partial charge in [0.2, 0.25) is 0 Å². The first-order valence-electron chi connectivity index (χ1n) is 7.40. The molecule has 4 aromatic rings. The molecule has 0 aliphatic carbocycles. The maximum Gasteiger partial charge on any atom is 0.269 e. The fraction of sp³-hybridized carbons (Fsp3) is 0.0667. The Morgan fingerprint density at radius 3 is 2.69 bits per heavy atom. The zero-order chi connectivity index (χ0) is 18.1. The third-order valence-electron chi connectivity index (χ3n) is 3.58. The van der Waals surface area contributed by atoms with Gasteiger partial charge in [0.15, 0.2) is 6.61 Å². The Kier molecular flexibility index (Phi) is 3.93. The van der Waals surface area contributed by atoms with E-state index >= 15 is 0 Å². The van der Waals surface area contributed by atoms with Crippen LogP contribution in [0.25, 0.3) is 16.7 Å². The molecule has 2 aromatic heterocycles. The van der Waals surface area contributed by atoms with Crippen molar-refractivity contribution >= 4 is 28.3 Å². The van der Waals surface area contributed by atoms with E-state index < -0.39 is 4.92 Å². The molecule has 0 amide bonds. The average molecular weight is 372 g/mol. The Bertz CT molecular complexity index is 1090. The van der Waals surface area contributed by atoms with E-state index in [1.807, 2.05) is 0 Å². The molecule has 0 atom stereocenters. The van der Waals surface area contributed by atoms with Crippen molar-refractivity contribution in [3.63, 3.8) is 0 Å². The minimum Gasteiger partial charge on any atom is -0.388 e. The summed E-state index contributed by atoms with van der Waals surface area (Å²) in [5.41, 5.74) is 2.51. The normalized spacial score (nSPS) is 11.0. The average Bonchev–Trinajstić information content (AvgIpc) is 3.26. The van der Waals surface area contributed by atoms with Gasteiger partial charge in [-0.1, -0.05) is 21.7 Å². The number of non-ortho nitro benzene ring substituents is 1. The maximum absolute atomic E-state index is 10.7. The minimum absolute atomic E-state index is 0.00980. The highest BCUT2D eigenvalue weighted by atomic mass is 35.5. The Morgan fingerprint density at radius 1 is 1.12 bits per heavy atom. The molecule has 0 spiro atoms. The molecule has 0 radical (unpaired) electrons. The lowest BCUT2D eigenvalue weighted by Gasteiger charge is -2.02. The number of hydrogen-bond acceptors (Lipinski definition) is 7. The number of nitro groups is 1. The highest BCUT2D eigenvalue weighted by molar-refractivity contribution is 6.31.